The van der Waals surface area contributed by atoms with Crippen LogP contribution in [-0.2, 0) is 5.41 Å². The lowest BCUT2D eigenvalue weighted by Crippen LogP contribution is -2.43. The summed E-state index contributed by atoms with van der Waals surface area (Å²) in [6.07, 6.45) is 5.81. The number of halogens is 2. The van der Waals surface area contributed by atoms with E-state index < -0.39 is 0 Å². The quantitative estimate of drug-likeness (QED) is 0.623. The van der Waals surface area contributed by atoms with Gasteiger partial charge in [-0.2, -0.15) is 0 Å². The van der Waals surface area contributed by atoms with Crippen molar-refractivity contribution in [1.82, 2.24) is 10.3 Å². The van der Waals surface area contributed by atoms with Crippen molar-refractivity contribution in [3.8, 4) is 0 Å². The maximum Gasteiger partial charge on any atom is 0.171 e. The molecule has 0 radical (unpaired) electrons. The van der Waals surface area contributed by atoms with Crippen molar-refractivity contribution < 1.29 is 4.39 Å². The van der Waals surface area contributed by atoms with Crippen LogP contribution in [0.1, 0.15) is 43.4 Å². The van der Waals surface area contributed by atoms with Gasteiger partial charge in [-0.3, -0.25) is 0 Å². The Morgan fingerprint density at radius 1 is 1.15 bits per heavy atom. The molecule has 1 aromatic heterocycles. The fourth-order valence-corrected chi connectivity index (χ4v) is 4.02. The van der Waals surface area contributed by atoms with Crippen LogP contribution in [0.4, 0.5) is 10.2 Å². The fourth-order valence-electron chi connectivity index (χ4n) is 3.62. The Hall–Kier alpha value is -1.53. The summed E-state index contributed by atoms with van der Waals surface area (Å²) in [7, 11) is 0. The number of thiocarbonyl (C=S) groups is 1. The Bertz CT molecular complexity index is 773. The molecule has 0 bridgehead atoms. The van der Waals surface area contributed by atoms with E-state index in [0.717, 1.165) is 35.4 Å². The molecule has 6 heteroatoms. The molecule has 3 rings (SSSR count). The summed E-state index contributed by atoms with van der Waals surface area (Å²) in [5.41, 5.74) is 2.10. The molecule has 1 fully saturated rings. The molecule has 2 N–H and O–H groups in total. The van der Waals surface area contributed by atoms with Gasteiger partial charge in [-0.15, -0.1) is 0 Å². The number of aryl methyl sites for hydroxylation is 1. The average molecular weight is 436 g/mol. The van der Waals surface area contributed by atoms with Gasteiger partial charge in [0.15, 0.2) is 5.11 Å². The van der Waals surface area contributed by atoms with E-state index in [1.807, 2.05) is 31.2 Å². The standard InChI is InChI=1S/C20H23BrFN3S/c1-14-17(21)9-10-18(24-14)25-19(26)23-13-20(11-3-2-4-12-20)15-5-7-16(22)8-6-15/h5-10H,2-4,11-13H2,1H3,(H2,23,24,25,26). The van der Waals surface area contributed by atoms with E-state index in [0.29, 0.717) is 5.11 Å². The Balaban J connectivity index is 1.68. The maximum atomic E-state index is 13.3. The third kappa shape index (κ3) is 4.60. The topological polar surface area (TPSA) is 37.0 Å². The second-order valence-electron chi connectivity index (χ2n) is 6.92. The highest BCUT2D eigenvalue weighted by molar-refractivity contribution is 9.10. The van der Waals surface area contributed by atoms with Crippen molar-refractivity contribution in [2.75, 3.05) is 11.9 Å². The van der Waals surface area contributed by atoms with Crippen molar-refractivity contribution >= 4 is 39.1 Å². The summed E-state index contributed by atoms with van der Waals surface area (Å²) >= 11 is 8.92. The summed E-state index contributed by atoms with van der Waals surface area (Å²) in [5.74, 6) is 0.532. The van der Waals surface area contributed by atoms with E-state index in [1.54, 1.807) is 12.1 Å². The van der Waals surface area contributed by atoms with Crippen LogP contribution < -0.4 is 10.6 Å². The molecule has 0 spiro atoms. The zero-order valence-electron chi connectivity index (χ0n) is 14.8. The van der Waals surface area contributed by atoms with E-state index >= 15 is 0 Å². The second kappa shape index (κ2) is 8.44. The molecule has 0 unspecified atom stereocenters. The van der Waals surface area contributed by atoms with Gasteiger partial charge in [0.2, 0.25) is 0 Å². The first-order valence-corrected chi connectivity index (χ1v) is 10.1. The Kier molecular flexibility index (Phi) is 6.24. The first-order chi connectivity index (χ1) is 12.5. The summed E-state index contributed by atoms with van der Waals surface area (Å²) in [4.78, 5) is 4.47. The van der Waals surface area contributed by atoms with E-state index in [4.69, 9.17) is 12.2 Å². The smallest absolute Gasteiger partial charge is 0.171 e. The molecule has 1 saturated carbocycles. The Labute approximate surface area is 167 Å². The maximum absolute atomic E-state index is 13.3. The first kappa shape index (κ1) is 19.2. The third-order valence-electron chi connectivity index (χ3n) is 5.12. The van der Waals surface area contributed by atoms with E-state index in [9.17, 15) is 4.39 Å². The minimum atomic E-state index is -0.193. The molecule has 1 aliphatic rings. The Morgan fingerprint density at radius 2 is 1.85 bits per heavy atom. The number of benzene rings is 1. The molecule has 1 aliphatic carbocycles. The molecule has 1 aromatic carbocycles. The van der Waals surface area contributed by atoms with Crippen LogP contribution in [0.25, 0.3) is 0 Å². The minimum absolute atomic E-state index is 0.000745. The summed E-state index contributed by atoms with van der Waals surface area (Å²) in [6, 6.07) is 10.8. The number of hydrogen-bond donors (Lipinski definition) is 2. The summed E-state index contributed by atoms with van der Waals surface area (Å²) in [6.45, 7) is 2.68. The van der Waals surface area contributed by atoms with Gasteiger partial charge >= 0.3 is 0 Å². The number of rotatable bonds is 4. The van der Waals surface area contributed by atoms with Gasteiger partial charge in [0.1, 0.15) is 11.6 Å². The van der Waals surface area contributed by atoms with Crippen LogP contribution in [-0.4, -0.2) is 16.6 Å². The van der Waals surface area contributed by atoms with Crippen molar-refractivity contribution in [3.63, 3.8) is 0 Å². The summed E-state index contributed by atoms with van der Waals surface area (Å²) < 4.78 is 14.3. The number of pyridine rings is 1. The van der Waals surface area contributed by atoms with E-state index in [1.165, 1.54) is 24.8 Å². The highest BCUT2D eigenvalue weighted by Gasteiger charge is 2.34. The van der Waals surface area contributed by atoms with Gasteiger partial charge in [0.05, 0.1) is 5.69 Å². The van der Waals surface area contributed by atoms with Crippen LogP contribution in [0.2, 0.25) is 0 Å². The van der Waals surface area contributed by atoms with Crippen LogP contribution in [0.5, 0.6) is 0 Å². The molecule has 0 saturated heterocycles. The molecular weight excluding hydrogens is 413 g/mol. The fraction of sp³-hybridized carbons (Fsp3) is 0.400. The highest BCUT2D eigenvalue weighted by Crippen LogP contribution is 2.39. The number of aromatic nitrogens is 1. The average Bonchev–Trinajstić information content (AvgIpc) is 2.64. The van der Waals surface area contributed by atoms with E-state index in [2.05, 4.69) is 31.5 Å². The van der Waals surface area contributed by atoms with Crippen LogP contribution in [0.3, 0.4) is 0 Å². The van der Waals surface area contributed by atoms with Crippen molar-refractivity contribution in [2.24, 2.45) is 0 Å². The monoisotopic (exact) mass is 435 g/mol. The van der Waals surface area contributed by atoms with Crippen molar-refractivity contribution in [3.05, 3.63) is 57.9 Å². The highest BCUT2D eigenvalue weighted by atomic mass is 79.9. The van der Waals surface area contributed by atoms with Gasteiger partial charge in [0.25, 0.3) is 0 Å². The lowest BCUT2D eigenvalue weighted by molar-refractivity contribution is 0.292. The van der Waals surface area contributed by atoms with Gasteiger partial charge in [-0.1, -0.05) is 31.4 Å². The minimum Gasteiger partial charge on any atom is -0.362 e. The Morgan fingerprint density at radius 3 is 2.50 bits per heavy atom. The number of hydrogen-bond acceptors (Lipinski definition) is 2. The molecule has 138 valence electrons. The van der Waals surface area contributed by atoms with Crippen LogP contribution in [0.15, 0.2) is 40.9 Å². The molecule has 26 heavy (non-hydrogen) atoms. The molecule has 0 amide bonds. The molecular formula is C20H23BrFN3S. The molecule has 3 nitrogen and oxygen atoms in total. The molecule has 2 aromatic rings. The van der Waals surface area contributed by atoms with Crippen molar-refractivity contribution in [1.29, 1.82) is 0 Å². The lowest BCUT2D eigenvalue weighted by Gasteiger charge is -2.38. The zero-order chi connectivity index (χ0) is 18.6. The van der Waals surface area contributed by atoms with Gasteiger partial charge < -0.3 is 10.6 Å². The number of nitrogens with one attached hydrogen (secondary N) is 2. The predicted molar refractivity (Wildman–Crippen MR) is 112 cm³/mol. The number of anilines is 1. The lowest BCUT2D eigenvalue weighted by atomic mass is 9.69. The molecule has 0 atom stereocenters. The first-order valence-electron chi connectivity index (χ1n) is 8.93. The van der Waals surface area contributed by atoms with Crippen LogP contribution in [0, 0.1) is 12.7 Å². The number of nitrogens with zero attached hydrogens (tertiary/aromatic N) is 1. The van der Waals surface area contributed by atoms with Gasteiger partial charge in [0, 0.05) is 16.4 Å². The zero-order valence-corrected chi connectivity index (χ0v) is 17.2. The molecule has 1 heterocycles. The van der Waals surface area contributed by atoms with Crippen molar-refractivity contribution in [2.45, 2.75) is 44.4 Å². The molecule has 0 aliphatic heterocycles. The third-order valence-corrected chi connectivity index (χ3v) is 6.20. The largest absolute Gasteiger partial charge is 0.362 e. The van der Waals surface area contributed by atoms with Gasteiger partial charge in [-0.05, 0) is 77.7 Å². The van der Waals surface area contributed by atoms with Gasteiger partial charge in [-0.25, -0.2) is 9.37 Å². The van der Waals surface area contributed by atoms with E-state index in [-0.39, 0.29) is 11.2 Å². The summed E-state index contributed by atoms with van der Waals surface area (Å²) in [5, 5.41) is 7.08. The van der Waals surface area contributed by atoms with Crippen LogP contribution >= 0.6 is 28.1 Å². The SMILES string of the molecule is Cc1nc(NC(=S)NCC2(c3ccc(F)cc3)CCCCC2)ccc1Br. The second-order valence-corrected chi connectivity index (χ2v) is 8.18. The predicted octanol–water partition coefficient (Wildman–Crippen LogP) is 5.48. The normalized spacial score (nSPS) is 16.1.